The summed E-state index contributed by atoms with van der Waals surface area (Å²) in [4.78, 5) is 13.0. The fourth-order valence-corrected chi connectivity index (χ4v) is 5.39. The average molecular weight is 465 g/mol. The molecule has 0 unspecified atom stereocenters. The van der Waals surface area contributed by atoms with Crippen molar-refractivity contribution in [2.24, 2.45) is 0 Å². The van der Waals surface area contributed by atoms with E-state index in [0.717, 1.165) is 22.2 Å². The summed E-state index contributed by atoms with van der Waals surface area (Å²) < 4.78 is 7.77. The standard InChI is InChI=1S/C25H30Cl2O2S/c1-2-3-4-5-6-7-8-9-10-13-16-29-20-17-19(26)23(27)22-24(28)18-14-11-12-15-21(18)30-25(20)22/h11-12,14-15,17H,2-10,13,16H2,1H3. The highest BCUT2D eigenvalue weighted by molar-refractivity contribution is 7.25. The number of hydrogen-bond donors (Lipinski definition) is 0. The number of hydrogen-bond acceptors (Lipinski definition) is 3. The second-order valence-corrected chi connectivity index (χ2v) is 9.67. The van der Waals surface area contributed by atoms with E-state index >= 15 is 0 Å². The van der Waals surface area contributed by atoms with Gasteiger partial charge in [0.2, 0.25) is 0 Å². The Labute approximate surface area is 193 Å². The van der Waals surface area contributed by atoms with Gasteiger partial charge in [-0.25, -0.2) is 0 Å². The maximum atomic E-state index is 13.0. The van der Waals surface area contributed by atoms with Crippen LogP contribution < -0.4 is 10.2 Å². The lowest BCUT2D eigenvalue weighted by Crippen LogP contribution is -2.04. The number of fused-ring (bicyclic) bond motifs is 2. The first-order valence-electron chi connectivity index (χ1n) is 11.1. The maximum Gasteiger partial charge on any atom is 0.197 e. The molecule has 2 nitrogen and oxygen atoms in total. The fraction of sp³-hybridized carbons (Fsp3) is 0.480. The van der Waals surface area contributed by atoms with Crippen molar-refractivity contribution in [1.82, 2.24) is 0 Å². The second kappa shape index (κ2) is 11.9. The molecule has 3 rings (SSSR count). The molecule has 5 heteroatoms. The first-order chi connectivity index (χ1) is 14.6. The molecule has 30 heavy (non-hydrogen) atoms. The number of ether oxygens (including phenoxy) is 1. The third kappa shape index (κ3) is 5.90. The van der Waals surface area contributed by atoms with Gasteiger partial charge in [-0.3, -0.25) is 4.79 Å². The first-order valence-corrected chi connectivity index (χ1v) is 12.7. The van der Waals surface area contributed by atoms with Gasteiger partial charge >= 0.3 is 0 Å². The first kappa shape index (κ1) is 23.4. The van der Waals surface area contributed by atoms with Gasteiger partial charge in [0.15, 0.2) is 5.43 Å². The van der Waals surface area contributed by atoms with E-state index in [4.69, 9.17) is 27.9 Å². The third-order valence-electron chi connectivity index (χ3n) is 5.46. The fourth-order valence-electron chi connectivity index (χ4n) is 3.76. The lowest BCUT2D eigenvalue weighted by atomic mass is 10.1. The molecule has 0 aliphatic rings. The van der Waals surface area contributed by atoms with Crippen molar-refractivity contribution in [1.29, 1.82) is 0 Å². The summed E-state index contributed by atoms with van der Waals surface area (Å²) in [6.45, 7) is 2.88. The molecule has 0 N–H and O–H groups in total. The van der Waals surface area contributed by atoms with Crippen LogP contribution in [0.25, 0.3) is 20.2 Å². The van der Waals surface area contributed by atoms with Gasteiger partial charge in [-0.1, -0.05) is 100 Å². The quantitative estimate of drug-likeness (QED) is 0.197. The minimum absolute atomic E-state index is 0.0874. The van der Waals surface area contributed by atoms with Gasteiger partial charge in [-0.2, -0.15) is 0 Å². The Morgan fingerprint density at radius 3 is 2.23 bits per heavy atom. The highest BCUT2D eigenvalue weighted by Gasteiger charge is 2.16. The SMILES string of the molecule is CCCCCCCCCCCCOc1cc(Cl)c(Cl)c2c(=O)c3ccccc3sc12. The minimum Gasteiger partial charge on any atom is -0.492 e. The van der Waals surface area contributed by atoms with E-state index in [1.54, 1.807) is 6.07 Å². The number of benzene rings is 2. The van der Waals surface area contributed by atoms with Crippen LogP contribution in [-0.2, 0) is 0 Å². The highest BCUT2D eigenvalue weighted by Crippen LogP contribution is 2.40. The Bertz CT molecular complexity index is 1030. The molecule has 0 amide bonds. The molecule has 2 aromatic carbocycles. The van der Waals surface area contributed by atoms with Gasteiger partial charge in [-0.05, 0) is 18.6 Å². The van der Waals surface area contributed by atoms with E-state index < -0.39 is 0 Å². The molecular weight excluding hydrogens is 435 g/mol. The third-order valence-corrected chi connectivity index (χ3v) is 7.44. The summed E-state index contributed by atoms with van der Waals surface area (Å²) >= 11 is 14.2. The number of unbranched alkanes of at least 4 members (excludes halogenated alkanes) is 9. The number of halogens is 2. The Kier molecular flexibility index (Phi) is 9.29. The Morgan fingerprint density at radius 1 is 0.900 bits per heavy atom. The second-order valence-electron chi connectivity index (χ2n) is 7.83. The predicted molar refractivity (Wildman–Crippen MR) is 133 cm³/mol. The van der Waals surface area contributed by atoms with Gasteiger partial charge in [0.1, 0.15) is 5.75 Å². The molecule has 0 saturated heterocycles. The zero-order valence-corrected chi connectivity index (χ0v) is 20.0. The van der Waals surface area contributed by atoms with Crippen LogP contribution in [0.15, 0.2) is 35.1 Å². The summed E-state index contributed by atoms with van der Waals surface area (Å²) in [5, 5.41) is 1.80. The molecule has 3 aromatic rings. The van der Waals surface area contributed by atoms with E-state index in [0.29, 0.717) is 33.2 Å². The largest absolute Gasteiger partial charge is 0.492 e. The lowest BCUT2D eigenvalue weighted by molar-refractivity contribution is 0.308. The molecule has 0 bridgehead atoms. The van der Waals surface area contributed by atoms with Gasteiger partial charge in [0.05, 0.1) is 26.7 Å². The summed E-state index contributed by atoms with van der Waals surface area (Å²) in [7, 11) is 0. The average Bonchev–Trinajstić information content (AvgIpc) is 2.75. The zero-order valence-electron chi connectivity index (χ0n) is 17.6. The number of rotatable bonds is 12. The summed E-state index contributed by atoms with van der Waals surface area (Å²) in [6, 6.07) is 9.33. The smallest absolute Gasteiger partial charge is 0.197 e. The molecule has 1 heterocycles. The van der Waals surface area contributed by atoms with E-state index in [1.165, 1.54) is 62.7 Å². The van der Waals surface area contributed by atoms with Crippen molar-refractivity contribution in [2.45, 2.75) is 71.1 Å². The molecule has 0 spiro atoms. The Morgan fingerprint density at radius 2 is 1.53 bits per heavy atom. The molecule has 0 fully saturated rings. The van der Waals surface area contributed by atoms with Crippen molar-refractivity contribution in [3.63, 3.8) is 0 Å². The Hall–Kier alpha value is -1.29. The van der Waals surface area contributed by atoms with Crippen LogP contribution in [0.5, 0.6) is 5.75 Å². The van der Waals surface area contributed by atoms with Crippen LogP contribution in [0, 0.1) is 0 Å². The Balaban J connectivity index is 1.58. The van der Waals surface area contributed by atoms with Gasteiger partial charge in [-0.15, -0.1) is 11.3 Å². The van der Waals surface area contributed by atoms with Crippen molar-refractivity contribution >= 4 is 54.7 Å². The summed E-state index contributed by atoms with van der Waals surface area (Å²) in [6.07, 6.45) is 12.8. The van der Waals surface area contributed by atoms with E-state index in [1.807, 2.05) is 24.3 Å². The highest BCUT2D eigenvalue weighted by atomic mass is 35.5. The van der Waals surface area contributed by atoms with Gasteiger partial charge in [0.25, 0.3) is 0 Å². The lowest BCUT2D eigenvalue weighted by Gasteiger charge is -2.12. The monoisotopic (exact) mass is 464 g/mol. The van der Waals surface area contributed by atoms with Gasteiger partial charge < -0.3 is 4.74 Å². The topological polar surface area (TPSA) is 26.3 Å². The summed E-state index contributed by atoms with van der Waals surface area (Å²) in [5.74, 6) is 0.656. The molecule has 0 aliphatic heterocycles. The van der Waals surface area contributed by atoms with E-state index in [9.17, 15) is 4.79 Å². The molecule has 162 valence electrons. The normalized spacial score (nSPS) is 11.4. The summed E-state index contributed by atoms with van der Waals surface area (Å²) in [5.41, 5.74) is -0.0874. The van der Waals surface area contributed by atoms with Crippen LogP contribution >= 0.6 is 34.5 Å². The molecule has 0 saturated carbocycles. The maximum absolute atomic E-state index is 13.0. The molecule has 0 aliphatic carbocycles. The van der Waals surface area contributed by atoms with Crippen molar-refractivity contribution in [3.8, 4) is 5.75 Å². The van der Waals surface area contributed by atoms with Gasteiger partial charge in [0, 0.05) is 16.2 Å². The molecule has 1 aromatic heterocycles. The molecular formula is C25H30Cl2O2S. The van der Waals surface area contributed by atoms with Crippen LogP contribution in [0.1, 0.15) is 71.1 Å². The minimum atomic E-state index is -0.0874. The molecule has 0 atom stereocenters. The molecule has 0 radical (unpaired) electrons. The van der Waals surface area contributed by atoms with Crippen LogP contribution in [0.2, 0.25) is 10.0 Å². The van der Waals surface area contributed by atoms with Crippen molar-refractivity contribution < 1.29 is 4.74 Å². The van der Waals surface area contributed by atoms with Crippen LogP contribution in [0.4, 0.5) is 0 Å². The van der Waals surface area contributed by atoms with Crippen molar-refractivity contribution in [2.75, 3.05) is 6.61 Å². The van der Waals surface area contributed by atoms with Crippen LogP contribution in [0.3, 0.4) is 0 Å². The predicted octanol–water partition coefficient (Wildman–Crippen LogP) is 9.02. The van der Waals surface area contributed by atoms with Crippen LogP contribution in [-0.4, -0.2) is 6.61 Å². The van der Waals surface area contributed by atoms with E-state index in [2.05, 4.69) is 6.92 Å². The van der Waals surface area contributed by atoms with Crippen molar-refractivity contribution in [3.05, 3.63) is 50.6 Å². The zero-order chi connectivity index (χ0) is 21.3. The van der Waals surface area contributed by atoms with E-state index in [-0.39, 0.29) is 5.43 Å².